The zero-order valence-corrected chi connectivity index (χ0v) is 12.2. The predicted octanol–water partition coefficient (Wildman–Crippen LogP) is 3.37. The van der Waals surface area contributed by atoms with E-state index in [1.807, 2.05) is 26.0 Å². The molecule has 0 saturated heterocycles. The fourth-order valence-electron chi connectivity index (χ4n) is 3.06. The molecule has 0 bridgehead atoms. The lowest BCUT2D eigenvalue weighted by molar-refractivity contribution is 0.0785. The lowest BCUT2D eigenvalue weighted by Crippen LogP contribution is -2.38. The highest BCUT2D eigenvalue weighted by atomic mass is 16.2. The fraction of sp³-hybridized carbons (Fsp3) is 0.278. The summed E-state index contributed by atoms with van der Waals surface area (Å²) in [7, 11) is 0. The van der Waals surface area contributed by atoms with Gasteiger partial charge in [0, 0.05) is 17.3 Å². The second-order valence-electron chi connectivity index (χ2n) is 5.37. The molecule has 3 rings (SSSR count). The maximum Gasteiger partial charge on any atom is 0.183 e. The van der Waals surface area contributed by atoms with Crippen molar-refractivity contribution >= 4 is 11.6 Å². The summed E-state index contributed by atoms with van der Waals surface area (Å²) in [5.74, 6) is -0.246. The summed E-state index contributed by atoms with van der Waals surface area (Å²) >= 11 is 0. The van der Waals surface area contributed by atoms with Crippen LogP contribution in [0.2, 0.25) is 0 Å². The van der Waals surface area contributed by atoms with Gasteiger partial charge < -0.3 is 0 Å². The van der Waals surface area contributed by atoms with Crippen LogP contribution < -0.4 is 0 Å². The van der Waals surface area contributed by atoms with Gasteiger partial charge in [0.05, 0.1) is 5.69 Å². The number of pyridine rings is 1. The van der Waals surface area contributed by atoms with Crippen LogP contribution in [0.25, 0.3) is 0 Å². The van der Waals surface area contributed by atoms with Gasteiger partial charge in [-0.2, -0.15) is 0 Å². The van der Waals surface area contributed by atoms with Gasteiger partial charge in [-0.05, 0) is 24.5 Å². The van der Waals surface area contributed by atoms with Crippen LogP contribution in [-0.4, -0.2) is 16.6 Å². The predicted molar refractivity (Wildman–Crippen MR) is 80.7 cm³/mol. The van der Waals surface area contributed by atoms with Crippen LogP contribution in [0, 0.1) is 0 Å². The van der Waals surface area contributed by atoms with E-state index in [4.69, 9.17) is 0 Å². The monoisotopic (exact) mass is 279 g/mol. The molecule has 0 N–H and O–H groups in total. The molecule has 3 nitrogen and oxygen atoms in total. The normalized spacial score (nSPS) is 16.1. The molecule has 1 heterocycles. The summed E-state index contributed by atoms with van der Waals surface area (Å²) in [6.45, 7) is 3.92. The molecule has 106 valence electrons. The van der Waals surface area contributed by atoms with Crippen LogP contribution in [0.15, 0.2) is 42.6 Å². The molecule has 0 aliphatic heterocycles. The van der Waals surface area contributed by atoms with Crippen molar-refractivity contribution in [2.75, 3.05) is 0 Å². The van der Waals surface area contributed by atoms with E-state index in [9.17, 15) is 9.59 Å². The van der Waals surface area contributed by atoms with E-state index in [2.05, 4.69) is 4.98 Å². The molecule has 3 heteroatoms. The number of rotatable bonds is 3. The molecule has 0 saturated carbocycles. The lowest BCUT2D eigenvalue weighted by atomic mass is 9.76. The second-order valence-corrected chi connectivity index (χ2v) is 5.37. The first kappa shape index (κ1) is 13.7. The van der Waals surface area contributed by atoms with Gasteiger partial charge >= 0.3 is 0 Å². The third-order valence-corrected chi connectivity index (χ3v) is 4.39. The Balaban J connectivity index is 2.18. The summed E-state index contributed by atoms with van der Waals surface area (Å²) in [6, 6.07) is 10.8. The van der Waals surface area contributed by atoms with Crippen molar-refractivity contribution in [2.24, 2.45) is 0 Å². The molecule has 0 unspecified atom stereocenters. The van der Waals surface area contributed by atoms with Crippen molar-refractivity contribution in [1.29, 1.82) is 0 Å². The van der Waals surface area contributed by atoms with Gasteiger partial charge in [0.25, 0.3) is 0 Å². The van der Waals surface area contributed by atoms with Crippen molar-refractivity contribution < 1.29 is 9.59 Å². The van der Waals surface area contributed by atoms with E-state index in [-0.39, 0.29) is 11.6 Å². The van der Waals surface area contributed by atoms with E-state index < -0.39 is 5.41 Å². The Kier molecular flexibility index (Phi) is 3.20. The molecule has 0 fully saturated rings. The van der Waals surface area contributed by atoms with Crippen LogP contribution in [0.5, 0.6) is 0 Å². The average Bonchev–Trinajstić information content (AvgIpc) is 2.77. The highest BCUT2D eigenvalue weighted by Gasteiger charge is 2.53. The average molecular weight is 279 g/mol. The maximum absolute atomic E-state index is 12.9. The third kappa shape index (κ3) is 1.77. The standard InChI is InChI=1S/C18H17NO2/c1-3-12-9-10-15(19-11-12)18(4-2)16(20)13-7-5-6-8-14(13)17(18)21/h5-11H,3-4H2,1-2H3. The van der Waals surface area contributed by atoms with Gasteiger partial charge in [0.2, 0.25) is 0 Å². The third-order valence-electron chi connectivity index (χ3n) is 4.39. The summed E-state index contributed by atoms with van der Waals surface area (Å²) in [6.07, 6.45) is 3.07. The molecule has 1 aliphatic rings. The molecule has 1 aromatic carbocycles. The Hall–Kier alpha value is -2.29. The van der Waals surface area contributed by atoms with E-state index in [1.54, 1.807) is 30.5 Å². The minimum absolute atomic E-state index is 0.123. The minimum atomic E-state index is -1.14. The van der Waals surface area contributed by atoms with Gasteiger partial charge in [-0.1, -0.05) is 44.2 Å². The van der Waals surface area contributed by atoms with Gasteiger partial charge in [-0.15, -0.1) is 0 Å². The van der Waals surface area contributed by atoms with Crippen molar-refractivity contribution in [2.45, 2.75) is 32.1 Å². The number of aromatic nitrogens is 1. The summed E-state index contributed by atoms with van der Waals surface area (Å²) in [5.41, 5.74) is 1.56. The number of Topliss-reactive ketones (excluding diaryl/α,β-unsaturated/α-hetero) is 2. The maximum atomic E-state index is 12.9. The molecule has 0 spiro atoms. The number of benzene rings is 1. The van der Waals surface area contributed by atoms with Crippen LogP contribution in [0.1, 0.15) is 52.2 Å². The Morgan fingerprint density at radius 1 is 0.952 bits per heavy atom. The molecular formula is C18H17NO2. The fourth-order valence-corrected chi connectivity index (χ4v) is 3.06. The molecule has 0 amide bonds. The number of carbonyl (C=O) groups is 2. The number of fused-ring (bicyclic) bond motifs is 1. The summed E-state index contributed by atoms with van der Waals surface area (Å²) in [4.78, 5) is 30.1. The first-order valence-electron chi connectivity index (χ1n) is 7.29. The molecule has 0 radical (unpaired) electrons. The number of ketones is 2. The second kappa shape index (κ2) is 4.92. The topological polar surface area (TPSA) is 47.0 Å². The highest BCUT2D eigenvalue weighted by molar-refractivity contribution is 6.32. The number of hydrogen-bond acceptors (Lipinski definition) is 3. The molecule has 21 heavy (non-hydrogen) atoms. The van der Waals surface area contributed by atoms with E-state index >= 15 is 0 Å². The lowest BCUT2D eigenvalue weighted by Gasteiger charge is -2.23. The molecule has 0 atom stereocenters. The van der Waals surface area contributed by atoms with Crippen molar-refractivity contribution in [3.63, 3.8) is 0 Å². The quantitative estimate of drug-likeness (QED) is 0.809. The zero-order valence-electron chi connectivity index (χ0n) is 12.2. The molecule has 2 aromatic rings. The van der Waals surface area contributed by atoms with Crippen LogP contribution in [0.4, 0.5) is 0 Å². The Bertz CT molecular complexity index is 681. The van der Waals surface area contributed by atoms with E-state index in [0.29, 0.717) is 23.2 Å². The SMILES string of the molecule is CCc1ccc(C2(CC)C(=O)c3ccccc3C2=O)nc1. The zero-order chi connectivity index (χ0) is 15.0. The number of nitrogens with zero attached hydrogens (tertiary/aromatic N) is 1. The van der Waals surface area contributed by atoms with Crippen LogP contribution in [-0.2, 0) is 11.8 Å². The Morgan fingerprint density at radius 2 is 1.57 bits per heavy atom. The molecule has 1 aromatic heterocycles. The first-order chi connectivity index (χ1) is 10.1. The minimum Gasteiger partial charge on any atom is -0.293 e. The van der Waals surface area contributed by atoms with Gasteiger partial charge in [-0.3, -0.25) is 14.6 Å². The number of hydrogen-bond donors (Lipinski definition) is 0. The summed E-state index contributed by atoms with van der Waals surface area (Å²) in [5, 5.41) is 0. The highest BCUT2D eigenvalue weighted by Crippen LogP contribution is 2.41. The van der Waals surface area contributed by atoms with E-state index in [1.165, 1.54) is 0 Å². The van der Waals surface area contributed by atoms with Crippen molar-refractivity contribution in [3.05, 3.63) is 65.0 Å². The van der Waals surface area contributed by atoms with Gasteiger partial charge in [0.15, 0.2) is 11.6 Å². The molecule has 1 aliphatic carbocycles. The summed E-state index contributed by atoms with van der Waals surface area (Å²) < 4.78 is 0. The van der Waals surface area contributed by atoms with E-state index in [0.717, 1.165) is 12.0 Å². The Labute approximate surface area is 124 Å². The van der Waals surface area contributed by atoms with Crippen molar-refractivity contribution in [1.82, 2.24) is 4.98 Å². The smallest absolute Gasteiger partial charge is 0.183 e. The largest absolute Gasteiger partial charge is 0.293 e. The van der Waals surface area contributed by atoms with Gasteiger partial charge in [0.1, 0.15) is 5.41 Å². The van der Waals surface area contributed by atoms with Gasteiger partial charge in [-0.25, -0.2) is 0 Å². The number of aryl methyl sites for hydroxylation is 1. The Morgan fingerprint density at radius 3 is 2.00 bits per heavy atom. The first-order valence-corrected chi connectivity index (χ1v) is 7.29. The van der Waals surface area contributed by atoms with Crippen LogP contribution in [0.3, 0.4) is 0 Å². The van der Waals surface area contributed by atoms with Crippen molar-refractivity contribution in [3.8, 4) is 0 Å². The van der Waals surface area contributed by atoms with Crippen LogP contribution >= 0.6 is 0 Å². The number of carbonyl (C=O) groups excluding carboxylic acids is 2. The molecular weight excluding hydrogens is 262 g/mol.